The topological polar surface area (TPSA) is 9.23 Å². The van der Waals surface area contributed by atoms with E-state index in [2.05, 4.69) is 35.0 Å². The maximum atomic E-state index is 6.22. The summed E-state index contributed by atoms with van der Waals surface area (Å²) >= 11 is 9.84. The third-order valence-electron chi connectivity index (χ3n) is 3.65. The summed E-state index contributed by atoms with van der Waals surface area (Å²) in [5.74, 6) is 0.923. The number of alkyl halides is 1. The number of methoxy groups -OCH3 is 1. The highest BCUT2D eigenvalue weighted by Gasteiger charge is 2.34. The third-order valence-corrected chi connectivity index (χ3v) is 4.79. The Hall–Kier alpha value is -0.210. The maximum absolute atomic E-state index is 6.22. The monoisotopic (exact) mass is 316 g/mol. The molecule has 0 N–H and O–H groups in total. The molecular weight excluding hydrogens is 300 g/mol. The Labute approximate surface area is 117 Å². The van der Waals surface area contributed by atoms with Gasteiger partial charge in [-0.15, -0.1) is 11.6 Å². The highest BCUT2D eigenvalue weighted by Crippen LogP contribution is 2.44. The summed E-state index contributed by atoms with van der Waals surface area (Å²) in [5, 5.41) is 0.351. The molecule has 0 aromatic heterocycles. The van der Waals surface area contributed by atoms with Gasteiger partial charge in [0.1, 0.15) is 5.75 Å². The minimum absolute atomic E-state index is 0.335. The summed E-state index contributed by atoms with van der Waals surface area (Å²) < 4.78 is 6.45. The smallest absolute Gasteiger partial charge is 0.119 e. The first-order valence-corrected chi connectivity index (χ1v) is 7.22. The van der Waals surface area contributed by atoms with Crippen molar-refractivity contribution in [1.29, 1.82) is 0 Å². The van der Waals surface area contributed by atoms with Crippen molar-refractivity contribution in [1.82, 2.24) is 0 Å². The second kappa shape index (κ2) is 5.19. The summed E-state index contributed by atoms with van der Waals surface area (Å²) in [6.07, 6.45) is 4.52. The molecule has 0 saturated heterocycles. The molecule has 1 aromatic rings. The van der Waals surface area contributed by atoms with Crippen molar-refractivity contribution in [3.63, 3.8) is 0 Å². The molecule has 1 aromatic carbocycles. The predicted molar refractivity (Wildman–Crippen MR) is 76.0 cm³/mol. The predicted octanol–water partition coefficient (Wildman–Crippen LogP) is 4.80. The Balaban J connectivity index is 2.17. The van der Waals surface area contributed by atoms with E-state index in [9.17, 15) is 0 Å². The summed E-state index contributed by atoms with van der Waals surface area (Å²) in [5.41, 5.74) is 1.65. The summed E-state index contributed by atoms with van der Waals surface area (Å²) in [6.45, 7) is 2.33. The first-order chi connectivity index (χ1) is 8.02. The number of hydrogen-bond acceptors (Lipinski definition) is 1. The molecule has 3 heteroatoms. The van der Waals surface area contributed by atoms with E-state index < -0.39 is 0 Å². The maximum Gasteiger partial charge on any atom is 0.119 e. The molecule has 1 aliphatic carbocycles. The molecule has 2 atom stereocenters. The van der Waals surface area contributed by atoms with Gasteiger partial charge in [-0.1, -0.05) is 22.9 Å². The SMILES string of the molecule is COc1ccc(Br)c(CC2(C)CCC(Cl)C2)c1. The molecule has 0 amide bonds. The fourth-order valence-corrected chi connectivity index (χ4v) is 3.55. The van der Waals surface area contributed by atoms with Crippen molar-refractivity contribution in [2.75, 3.05) is 7.11 Å². The van der Waals surface area contributed by atoms with E-state index in [1.54, 1.807) is 7.11 Å². The number of halogens is 2. The summed E-state index contributed by atoms with van der Waals surface area (Å²) in [7, 11) is 1.71. The van der Waals surface area contributed by atoms with Crippen molar-refractivity contribution in [3.8, 4) is 5.75 Å². The van der Waals surface area contributed by atoms with Crippen LogP contribution < -0.4 is 4.74 Å². The van der Waals surface area contributed by atoms with Crippen molar-refractivity contribution < 1.29 is 4.74 Å². The van der Waals surface area contributed by atoms with Crippen LogP contribution >= 0.6 is 27.5 Å². The Bertz CT molecular complexity index is 407. The van der Waals surface area contributed by atoms with Gasteiger partial charge in [0.15, 0.2) is 0 Å². The molecule has 1 fully saturated rings. The van der Waals surface area contributed by atoms with Crippen molar-refractivity contribution >= 4 is 27.5 Å². The van der Waals surface area contributed by atoms with Gasteiger partial charge in [-0.25, -0.2) is 0 Å². The highest BCUT2D eigenvalue weighted by molar-refractivity contribution is 9.10. The van der Waals surface area contributed by atoms with E-state index in [1.165, 1.54) is 12.0 Å². The van der Waals surface area contributed by atoms with E-state index in [0.717, 1.165) is 29.5 Å². The van der Waals surface area contributed by atoms with E-state index in [0.29, 0.717) is 10.8 Å². The molecule has 1 saturated carbocycles. The zero-order chi connectivity index (χ0) is 12.5. The Kier molecular flexibility index (Phi) is 4.04. The Morgan fingerprint density at radius 3 is 2.88 bits per heavy atom. The average Bonchev–Trinajstić information content (AvgIpc) is 2.62. The van der Waals surface area contributed by atoms with Gasteiger partial charge in [-0.2, -0.15) is 0 Å². The van der Waals surface area contributed by atoms with Gasteiger partial charge in [-0.05, 0) is 54.9 Å². The summed E-state index contributed by atoms with van der Waals surface area (Å²) in [6, 6.07) is 6.16. The fraction of sp³-hybridized carbons (Fsp3) is 0.571. The van der Waals surface area contributed by atoms with Crippen LogP contribution in [0.3, 0.4) is 0 Å². The van der Waals surface area contributed by atoms with Crippen LogP contribution in [0.5, 0.6) is 5.75 Å². The van der Waals surface area contributed by atoms with E-state index in [-0.39, 0.29) is 0 Å². The van der Waals surface area contributed by atoms with E-state index in [4.69, 9.17) is 16.3 Å². The second-order valence-electron chi connectivity index (χ2n) is 5.28. The molecular formula is C14H18BrClO. The van der Waals surface area contributed by atoms with Crippen LogP contribution in [0.15, 0.2) is 22.7 Å². The number of ether oxygens (including phenoxy) is 1. The molecule has 0 spiro atoms. The molecule has 2 unspecified atom stereocenters. The number of rotatable bonds is 3. The quantitative estimate of drug-likeness (QED) is 0.728. The molecule has 0 bridgehead atoms. The molecule has 94 valence electrons. The summed E-state index contributed by atoms with van der Waals surface area (Å²) in [4.78, 5) is 0. The normalized spacial score (nSPS) is 28.4. The van der Waals surface area contributed by atoms with Crippen LogP contribution in [0, 0.1) is 5.41 Å². The molecule has 0 aliphatic heterocycles. The van der Waals surface area contributed by atoms with Crippen molar-refractivity contribution in [3.05, 3.63) is 28.2 Å². The van der Waals surface area contributed by atoms with Crippen LogP contribution in [0.1, 0.15) is 31.7 Å². The van der Waals surface area contributed by atoms with Crippen LogP contribution in [-0.4, -0.2) is 12.5 Å². The van der Waals surface area contributed by atoms with Gasteiger partial charge < -0.3 is 4.74 Å². The molecule has 17 heavy (non-hydrogen) atoms. The minimum atomic E-state index is 0.335. The number of benzene rings is 1. The number of hydrogen-bond donors (Lipinski definition) is 0. The molecule has 2 rings (SSSR count). The van der Waals surface area contributed by atoms with Gasteiger partial charge in [0.25, 0.3) is 0 Å². The Morgan fingerprint density at radius 2 is 2.29 bits per heavy atom. The average molecular weight is 318 g/mol. The lowest BCUT2D eigenvalue weighted by atomic mass is 9.82. The first-order valence-electron chi connectivity index (χ1n) is 5.99. The fourth-order valence-electron chi connectivity index (χ4n) is 2.68. The third kappa shape index (κ3) is 3.17. The molecule has 1 aliphatic rings. The van der Waals surface area contributed by atoms with Crippen LogP contribution in [0.2, 0.25) is 0 Å². The zero-order valence-electron chi connectivity index (χ0n) is 10.3. The van der Waals surface area contributed by atoms with Gasteiger partial charge in [-0.3, -0.25) is 0 Å². The van der Waals surface area contributed by atoms with Gasteiger partial charge in [0.05, 0.1) is 7.11 Å². The minimum Gasteiger partial charge on any atom is -0.497 e. The standard InChI is InChI=1S/C14H18BrClO/c1-14(6-5-11(16)9-14)8-10-7-12(17-2)3-4-13(10)15/h3-4,7,11H,5-6,8-9H2,1-2H3. The van der Waals surface area contributed by atoms with Gasteiger partial charge in [0, 0.05) is 9.85 Å². The highest BCUT2D eigenvalue weighted by atomic mass is 79.9. The largest absolute Gasteiger partial charge is 0.497 e. The first kappa shape index (κ1) is 13.2. The Morgan fingerprint density at radius 1 is 1.53 bits per heavy atom. The van der Waals surface area contributed by atoms with Crippen molar-refractivity contribution in [2.45, 2.75) is 38.0 Å². The van der Waals surface area contributed by atoms with Gasteiger partial charge in [0.2, 0.25) is 0 Å². The lowest BCUT2D eigenvalue weighted by Gasteiger charge is -2.24. The van der Waals surface area contributed by atoms with Crippen LogP contribution in [0.4, 0.5) is 0 Å². The molecule has 1 nitrogen and oxygen atoms in total. The van der Waals surface area contributed by atoms with E-state index >= 15 is 0 Å². The zero-order valence-corrected chi connectivity index (χ0v) is 12.6. The van der Waals surface area contributed by atoms with E-state index in [1.807, 2.05) is 6.07 Å². The lowest BCUT2D eigenvalue weighted by molar-refractivity contribution is 0.333. The van der Waals surface area contributed by atoms with Crippen LogP contribution in [-0.2, 0) is 6.42 Å². The molecule has 0 radical (unpaired) electrons. The van der Waals surface area contributed by atoms with Crippen molar-refractivity contribution in [2.24, 2.45) is 5.41 Å². The van der Waals surface area contributed by atoms with Gasteiger partial charge >= 0.3 is 0 Å². The van der Waals surface area contributed by atoms with Crippen LogP contribution in [0.25, 0.3) is 0 Å². The molecule has 0 heterocycles. The second-order valence-corrected chi connectivity index (χ2v) is 6.76. The lowest BCUT2D eigenvalue weighted by Crippen LogP contribution is -2.16.